The summed E-state index contributed by atoms with van der Waals surface area (Å²) in [7, 11) is 0. The van der Waals surface area contributed by atoms with Crippen LogP contribution in [0, 0.1) is 0 Å². The first-order chi connectivity index (χ1) is 23.1. The van der Waals surface area contributed by atoms with Crippen LogP contribution in [0.3, 0.4) is 0 Å². The van der Waals surface area contributed by atoms with Gasteiger partial charge in [-0.1, -0.05) is 96.6 Å². The molecule has 12 unspecified atom stereocenters. The highest BCUT2D eigenvalue weighted by Crippen LogP contribution is 2.29. The summed E-state index contributed by atoms with van der Waals surface area (Å²) < 4.78 is 22.3. The van der Waals surface area contributed by atoms with E-state index < -0.39 is 86.8 Å². The Morgan fingerprint density at radius 3 is 1.90 bits per heavy atom. The molecule has 14 nitrogen and oxygen atoms in total. The van der Waals surface area contributed by atoms with Crippen molar-refractivity contribution in [3.05, 3.63) is 12.2 Å². The number of unbranched alkanes of at least 4 members (excludes halogenated alkanes) is 11. The van der Waals surface area contributed by atoms with Crippen molar-refractivity contribution < 1.29 is 64.6 Å². The third-order valence-corrected chi connectivity index (χ3v) is 8.97. The molecular formula is C34H63NO13. The van der Waals surface area contributed by atoms with Crippen LogP contribution in [0.2, 0.25) is 0 Å². The highest BCUT2D eigenvalue weighted by atomic mass is 16.7. The fourth-order valence-electron chi connectivity index (χ4n) is 5.86. The molecule has 0 bridgehead atoms. The fourth-order valence-corrected chi connectivity index (χ4v) is 5.86. The van der Waals surface area contributed by atoms with Gasteiger partial charge in [0.15, 0.2) is 12.6 Å². The lowest BCUT2D eigenvalue weighted by Gasteiger charge is -2.46. The summed E-state index contributed by atoms with van der Waals surface area (Å²) in [5.41, 5.74) is 0. The molecule has 0 spiro atoms. The SMILES string of the molecule is CCCC/C=C/C(O)C(COC1OC(CO)C(OC2OC(CO)C(O)C(O)C2O)C(O)C1O)NC(=O)CCCCCCCCCCCC. The van der Waals surface area contributed by atoms with E-state index in [1.165, 1.54) is 38.5 Å². The second-order valence-corrected chi connectivity index (χ2v) is 13.0. The Kier molecular flexibility index (Phi) is 21.5. The van der Waals surface area contributed by atoms with Gasteiger partial charge in [0, 0.05) is 6.42 Å². The van der Waals surface area contributed by atoms with Crippen molar-refractivity contribution in [3.8, 4) is 0 Å². The van der Waals surface area contributed by atoms with E-state index in [4.69, 9.17) is 18.9 Å². The molecule has 0 aromatic carbocycles. The minimum Gasteiger partial charge on any atom is -0.394 e. The highest BCUT2D eigenvalue weighted by Gasteiger charge is 2.50. The van der Waals surface area contributed by atoms with Crippen LogP contribution in [0.15, 0.2) is 12.2 Å². The molecule has 1 amide bonds. The van der Waals surface area contributed by atoms with Crippen molar-refractivity contribution in [1.29, 1.82) is 0 Å². The van der Waals surface area contributed by atoms with Gasteiger partial charge in [0.05, 0.1) is 32.0 Å². The maximum Gasteiger partial charge on any atom is 0.220 e. The van der Waals surface area contributed by atoms with Gasteiger partial charge >= 0.3 is 0 Å². The van der Waals surface area contributed by atoms with Gasteiger partial charge in [0.1, 0.15) is 48.8 Å². The number of allylic oxidation sites excluding steroid dienone is 1. The molecule has 0 saturated carbocycles. The Morgan fingerprint density at radius 1 is 0.729 bits per heavy atom. The Balaban J connectivity index is 1.94. The summed E-state index contributed by atoms with van der Waals surface area (Å²) >= 11 is 0. The molecule has 2 rings (SSSR count). The van der Waals surface area contributed by atoms with E-state index in [9.17, 15) is 45.6 Å². The van der Waals surface area contributed by atoms with Crippen LogP contribution in [-0.2, 0) is 23.7 Å². The van der Waals surface area contributed by atoms with Crippen LogP contribution < -0.4 is 5.32 Å². The lowest BCUT2D eigenvalue weighted by molar-refractivity contribution is -0.359. The molecule has 9 N–H and O–H groups in total. The topological polar surface area (TPSA) is 228 Å². The van der Waals surface area contributed by atoms with E-state index in [0.29, 0.717) is 6.42 Å². The third-order valence-electron chi connectivity index (χ3n) is 8.97. The normalized spacial score (nSPS) is 32.4. The lowest BCUT2D eigenvalue weighted by atomic mass is 9.97. The summed E-state index contributed by atoms with van der Waals surface area (Å²) in [6.07, 6.45) is 0.790. The van der Waals surface area contributed by atoms with E-state index in [2.05, 4.69) is 19.2 Å². The number of hydrogen-bond donors (Lipinski definition) is 9. The van der Waals surface area contributed by atoms with E-state index >= 15 is 0 Å². The van der Waals surface area contributed by atoms with Crippen LogP contribution in [0.5, 0.6) is 0 Å². The second-order valence-electron chi connectivity index (χ2n) is 13.0. The van der Waals surface area contributed by atoms with Crippen molar-refractivity contribution in [1.82, 2.24) is 5.32 Å². The molecule has 2 aliphatic heterocycles. The molecule has 0 aromatic heterocycles. The molecule has 2 fully saturated rings. The first kappa shape index (κ1) is 42.9. The number of nitrogens with one attached hydrogen (secondary N) is 1. The van der Waals surface area contributed by atoms with Crippen LogP contribution in [0.4, 0.5) is 0 Å². The zero-order valence-corrected chi connectivity index (χ0v) is 28.7. The Labute approximate surface area is 285 Å². The van der Waals surface area contributed by atoms with Crippen molar-refractivity contribution in [2.75, 3.05) is 19.8 Å². The van der Waals surface area contributed by atoms with Gasteiger partial charge < -0.3 is 65.1 Å². The monoisotopic (exact) mass is 693 g/mol. The van der Waals surface area contributed by atoms with Crippen molar-refractivity contribution in [2.45, 2.75) is 177 Å². The number of amides is 1. The van der Waals surface area contributed by atoms with Gasteiger partial charge in [-0.15, -0.1) is 0 Å². The zero-order valence-electron chi connectivity index (χ0n) is 28.7. The van der Waals surface area contributed by atoms with Crippen molar-refractivity contribution >= 4 is 5.91 Å². The molecular weight excluding hydrogens is 630 g/mol. The van der Waals surface area contributed by atoms with E-state index in [-0.39, 0.29) is 18.9 Å². The molecule has 0 aliphatic carbocycles. The number of aliphatic hydroxyl groups is 8. The molecule has 14 heteroatoms. The quantitative estimate of drug-likeness (QED) is 0.0497. The summed E-state index contributed by atoms with van der Waals surface area (Å²) in [6, 6.07) is -0.901. The van der Waals surface area contributed by atoms with Crippen molar-refractivity contribution in [2.24, 2.45) is 0 Å². The first-order valence-electron chi connectivity index (χ1n) is 17.9. The maximum absolute atomic E-state index is 12.8. The second kappa shape index (κ2) is 24.0. The number of carbonyl (C=O) groups is 1. The third kappa shape index (κ3) is 14.2. The highest BCUT2D eigenvalue weighted by molar-refractivity contribution is 5.76. The minimum atomic E-state index is -1.78. The Hall–Kier alpha value is -1.27. The number of carbonyl (C=O) groups excluding carboxylic acids is 1. The first-order valence-corrected chi connectivity index (χ1v) is 17.9. The molecule has 0 radical (unpaired) electrons. The number of ether oxygens (including phenoxy) is 4. The number of rotatable bonds is 24. The van der Waals surface area contributed by atoms with Crippen LogP contribution >= 0.6 is 0 Å². The molecule has 12 atom stereocenters. The van der Waals surface area contributed by atoms with E-state index in [1.54, 1.807) is 6.08 Å². The smallest absolute Gasteiger partial charge is 0.220 e. The van der Waals surface area contributed by atoms with Crippen LogP contribution in [-0.4, -0.2) is 140 Å². The number of aliphatic hydroxyl groups excluding tert-OH is 8. The number of hydrogen-bond acceptors (Lipinski definition) is 13. The minimum absolute atomic E-state index is 0.254. The van der Waals surface area contributed by atoms with Gasteiger partial charge in [-0.05, 0) is 12.8 Å². The standard InChI is InChI=1S/C34H63NO13/c1-3-5-7-9-10-11-12-13-14-16-18-26(39)35-22(23(38)17-15-8-6-4-2)21-45-33-31(44)29(42)32(25(20-37)47-33)48-34-30(43)28(41)27(40)24(19-36)46-34/h15,17,22-25,27-34,36-38,40-44H,3-14,16,18-21H2,1-2H3,(H,35,39)/b17-15+. The largest absolute Gasteiger partial charge is 0.394 e. The lowest BCUT2D eigenvalue weighted by Crippen LogP contribution is -2.65. The average Bonchev–Trinajstić information content (AvgIpc) is 3.08. The summed E-state index contributed by atoms with van der Waals surface area (Å²) in [4.78, 5) is 12.8. The Morgan fingerprint density at radius 2 is 1.29 bits per heavy atom. The van der Waals surface area contributed by atoms with Gasteiger partial charge in [-0.3, -0.25) is 4.79 Å². The fraction of sp³-hybridized carbons (Fsp3) is 0.912. The van der Waals surface area contributed by atoms with E-state index in [0.717, 1.165) is 38.5 Å². The van der Waals surface area contributed by atoms with Gasteiger partial charge in [-0.2, -0.15) is 0 Å². The summed E-state index contributed by atoms with van der Waals surface area (Å²) in [5, 5.41) is 85.3. The molecule has 2 aliphatic rings. The molecule has 0 aromatic rings. The summed E-state index contributed by atoms with van der Waals surface area (Å²) in [5.74, 6) is -0.254. The van der Waals surface area contributed by atoms with E-state index in [1.807, 2.05) is 6.08 Å². The summed E-state index contributed by atoms with van der Waals surface area (Å²) in [6.45, 7) is 2.54. The van der Waals surface area contributed by atoms with Crippen LogP contribution in [0.1, 0.15) is 104 Å². The van der Waals surface area contributed by atoms with Gasteiger partial charge in [0.25, 0.3) is 0 Å². The zero-order chi connectivity index (χ0) is 35.5. The Bertz CT molecular complexity index is 878. The maximum atomic E-state index is 12.8. The molecule has 48 heavy (non-hydrogen) atoms. The van der Waals surface area contributed by atoms with Gasteiger partial charge in [0.2, 0.25) is 5.91 Å². The molecule has 2 heterocycles. The molecule has 2 saturated heterocycles. The predicted octanol–water partition coefficient (Wildman–Crippen LogP) is 0.530. The average molecular weight is 694 g/mol. The van der Waals surface area contributed by atoms with Crippen molar-refractivity contribution in [3.63, 3.8) is 0 Å². The van der Waals surface area contributed by atoms with Gasteiger partial charge in [-0.25, -0.2) is 0 Å². The predicted molar refractivity (Wildman–Crippen MR) is 175 cm³/mol. The van der Waals surface area contributed by atoms with Crippen LogP contribution in [0.25, 0.3) is 0 Å². The molecule has 282 valence electrons.